The Morgan fingerprint density at radius 3 is 2.75 bits per heavy atom. The fraction of sp³-hybridized carbons (Fsp3) is 0.381. The summed E-state index contributed by atoms with van der Waals surface area (Å²) in [7, 11) is 0. The summed E-state index contributed by atoms with van der Waals surface area (Å²) >= 11 is -1.82. The van der Waals surface area contributed by atoms with Crippen molar-refractivity contribution in [2.75, 3.05) is 18.4 Å². The lowest BCUT2D eigenvalue weighted by atomic mass is 10.1. The van der Waals surface area contributed by atoms with Crippen LogP contribution in [0.2, 0.25) is 0 Å². The van der Waals surface area contributed by atoms with Gasteiger partial charge in [0.05, 0.1) is 23.4 Å². The van der Waals surface area contributed by atoms with Gasteiger partial charge in [0.25, 0.3) is 17.1 Å². The van der Waals surface area contributed by atoms with Gasteiger partial charge >= 0.3 is 0 Å². The van der Waals surface area contributed by atoms with Crippen molar-refractivity contribution in [1.29, 1.82) is 0 Å². The Morgan fingerprint density at radius 2 is 2.09 bits per heavy atom. The summed E-state index contributed by atoms with van der Waals surface area (Å²) in [6, 6.07) is 8.23. The molecular formula is C21H25N5O5S. The molecule has 1 fully saturated rings. The highest BCUT2D eigenvalue weighted by Gasteiger charge is 2.29. The topological polar surface area (TPSA) is 140 Å². The van der Waals surface area contributed by atoms with Gasteiger partial charge in [0, 0.05) is 13.1 Å². The van der Waals surface area contributed by atoms with Gasteiger partial charge in [-0.15, -0.1) is 8.80 Å². The number of hydrogen-bond donors (Lipinski definition) is 4. The largest absolute Gasteiger partial charge is 0.505 e. The molecule has 2 aliphatic heterocycles. The Hall–Kier alpha value is -3.18. The molecule has 0 saturated carbocycles. The van der Waals surface area contributed by atoms with E-state index < -0.39 is 17.3 Å². The molecule has 11 heteroatoms. The van der Waals surface area contributed by atoms with Crippen LogP contribution in [0.1, 0.15) is 47.7 Å². The Kier molecular flexibility index (Phi) is 6.28. The van der Waals surface area contributed by atoms with Gasteiger partial charge in [-0.25, -0.2) is 4.21 Å². The van der Waals surface area contributed by atoms with Crippen molar-refractivity contribution in [1.82, 2.24) is 10.2 Å². The number of furan rings is 1. The molecule has 170 valence electrons. The van der Waals surface area contributed by atoms with E-state index in [9.17, 15) is 19.2 Å². The fourth-order valence-corrected chi connectivity index (χ4v) is 4.29. The molecule has 0 aliphatic carbocycles. The maximum absolute atomic E-state index is 12.8. The number of β-amino-alcohol motifs (C(OH)–C–C–N with tert-alkyl or cyclic N) is 1. The Bertz CT molecular complexity index is 1110. The Balaban J connectivity index is 1.53. The van der Waals surface area contributed by atoms with E-state index in [2.05, 4.69) is 19.4 Å². The first-order chi connectivity index (χ1) is 15.4. The molecule has 4 rings (SSSR count). The lowest BCUT2D eigenvalue weighted by molar-refractivity contribution is 0.0762. The molecule has 2 aromatic rings. The second-order valence-corrected chi connectivity index (χ2v) is 8.51. The van der Waals surface area contributed by atoms with E-state index in [0.29, 0.717) is 25.1 Å². The molecule has 10 nitrogen and oxygen atoms in total. The number of nitrogens with one attached hydrogen (secondary N) is 2. The first-order valence-electron chi connectivity index (χ1n) is 10.3. The molecular weight excluding hydrogens is 434 g/mol. The monoisotopic (exact) mass is 459 g/mol. The number of anilines is 1. The zero-order chi connectivity index (χ0) is 22.8. The number of amidine groups is 2. The quantitative estimate of drug-likeness (QED) is 0.502. The highest BCUT2D eigenvalue weighted by atomic mass is 32.2. The van der Waals surface area contributed by atoms with Crippen molar-refractivity contribution < 1.29 is 23.6 Å². The van der Waals surface area contributed by atoms with Crippen LogP contribution < -0.4 is 10.6 Å². The third-order valence-electron chi connectivity index (χ3n) is 5.36. The molecule has 0 spiro atoms. The third-order valence-corrected chi connectivity index (χ3v) is 6.03. The summed E-state index contributed by atoms with van der Waals surface area (Å²) in [6.45, 7) is 4.48. The normalized spacial score (nSPS) is 21.3. The average Bonchev–Trinajstić information content (AvgIpc) is 3.47. The van der Waals surface area contributed by atoms with E-state index in [1.807, 2.05) is 26.0 Å². The molecule has 3 atom stereocenters. The molecule has 0 bridgehead atoms. The standard InChI is InChI=1S/C21H25N5O5S/c1-3-15(17-8-7-12(2)31-17)22-19-20(25-32(30)24-19)23-16-6-4-5-14(18(16)28)21(29)26-10-9-13(27)11-26/h4-8,13,15,27-28H,3,9-11H2,1-2H3,(H,22,24)(H,23,25). The van der Waals surface area contributed by atoms with Crippen LogP contribution in [0.4, 0.5) is 5.69 Å². The van der Waals surface area contributed by atoms with Crippen LogP contribution in [0.5, 0.6) is 5.75 Å². The number of aliphatic hydroxyl groups excluding tert-OH is 1. The van der Waals surface area contributed by atoms with Crippen LogP contribution in [0.15, 0.2) is 43.5 Å². The maximum atomic E-state index is 12.8. The van der Waals surface area contributed by atoms with Crippen LogP contribution in [0, 0.1) is 6.92 Å². The lowest BCUT2D eigenvalue weighted by Crippen LogP contribution is -2.36. The highest BCUT2D eigenvalue weighted by Crippen LogP contribution is 2.30. The number of phenolic OH excluding ortho intramolecular Hbond substituents is 1. The molecule has 0 radical (unpaired) electrons. The number of likely N-dealkylation sites (tertiary alicyclic amines) is 1. The summed E-state index contributed by atoms with van der Waals surface area (Å²) in [4.78, 5) is 14.3. The first-order valence-corrected chi connectivity index (χ1v) is 11.4. The number of aryl methyl sites for hydroxylation is 1. The van der Waals surface area contributed by atoms with Crippen LogP contribution in [-0.4, -0.2) is 56.1 Å². The number of aromatic hydroxyl groups is 1. The molecule has 1 aromatic heterocycles. The van der Waals surface area contributed by atoms with Crippen LogP contribution in [0.3, 0.4) is 0 Å². The van der Waals surface area contributed by atoms with Gasteiger partial charge < -0.3 is 30.2 Å². The summed E-state index contributed by atoms with van der Waals surface area (Å²) in [5, 5.41) is 26.5. The lowest BCUT2D eigenvalue weighted by Gasteiger charge is -2.19. The first kappa shape index (κ1) is 22.0. The SMILES string of the molecule is CCC(NC1=NS(=O)N=C1Nc1cccc(C(=O)N2CCC(O)C2)c1O)c1ccc(C)o1. The van der Waals surface area contributed by atoms with E-state index in [0.717, 1.165) is 5.76 Å². The highest BCUT2D eigenvalue weighted by molar-refractivity contribution is 7.83. The summed E-state index contributed by atoms with van der Waals surface area (Å²) in [5.74, 6) is 1.32. The molecule has 1 amide bonds. The molecule has 3 heterocycles. The Morgan fingerprint density at radius 1 is 1.31 bits per heavy atom. The third kappa shape index (κ3) is 4.53. The van der Waals surface area contributed by atoms with Crippen molar-refractivity contribution in [3.05, 3.63) is 47.4 Å². The van der Waals surface area contributed by atoms with Gasteiger partial charge in [-0.2, -0.15) is 0 Å². The number of aliphatic hydroxyl groups is 1. The molecule has 3 unspecified atom stereocenters. The summed E-state index contributed by atoms with van der Waals surface area (Å²) in [5.41, 5.74) is 0.331. The number of carbonyl (C=O) groups excluding carboxylic acids is 1. The second-order valence-electron chi connectivity index (χ2n) is 7.68. The van der Waals surface area contributed by atoms with Crippen molar-refractivity contribution in [2.45, 2.75) is 38.8 Å². The number of benzene rings is 1. The van der Waals surface area contributed by atoms with Gasteiger partial charge in [-0.1, -0.05) is 13.0 Å². The predicted octanol–water partition coefficient (Wildman–Crippen LogP) is 2.04. The molecule has 4 N–H and O–H groups in total. The van der Waals surface area contributed by atoms with E-state index in [1.54, 1.807) is 12.1 Å². The van der Waals surface area contributed by atoms with E-state index in [-0.39, 0.29) is 47.2 Å². The predicted molar refractivity (Wildman–Crippen MR) is 121 cm³/mol. The smallest absolute Gasteiger partial charge is 0.269 e. The van der Waals surface area contributed by atoms with Gasteiger partial charge in [-0.05, 0) is 44.0 Å². The van der Waals surface area contributed by atoms with E-state index >= 15 is 0 Å². The fourth-order valence-electron chi connectivity index (χ4n) is 3.66. The zero-order valence-electron chi connectivity index (χ0n) is 17.7. The molecule has 2 aliphatic rings. The zero-order valence-corrected chi connectivity index (χ0v) is 18.6. The maximum Gasteiger partial charge on any atom is 0.269 e. The molecule has 1 saturated heterocycles. The van der Waals surface area contributed by atoms with Gasteiger partial charge in [0.1, 0.15) is 11.5 Å². The number of phenols is 1. The van der Waals surface area contributed by atoms with Crippen molar-refractivity contribution in [2.24, 2.45) is 8.80 Å². The van der Waals surface area contributed by atoms with Gasteiger partial charge in [0.15, 0.2) is 17.4 Å². The molecule has 32 heavy (non-hydrogen) atoms. The number of carbonyl (C=O) groups is 1. The second kappa shape index (κ2) is 9.13. The number of hydrogen-bond acceptors (Lipinski definition) is 7. The average molecular weight is 460 g/mol. The van der Waals surface area contributed by atoms with Crippen LogP contribution in [-0.2, 0) is 11.2 Å². The minimum atomic E-state index is -1.82. The minimum absolute atomic E-state index is 0.104. The Labute approximate surface area is 187 Å². The number of rotatable bonds is 5. The van der Waals surface area contributed by atoms with Crippen molar-refractivity contribution in [3.63, 3.8) is 0 Å². The van der Waals surface area contributed by atoms with E-state index in [4.69, 9.17) is 4.42 Å². The number of para-hydroxylation sites is 1. The summed E-state index contributed by atoms with van der Waals surface area (Å²) in [6.07, 6.45) is 0.634. The van der Waals surface area contributed by atoms with Gasteiger partial charge in [-0.3, -0.25) is 4.79 Å². The number of amides is 1. The van der Waals surface area contributed by atoms with Crippen molar-refractivity contribution >= 4 is 34.4 Å². The number of nitrogens with zero attached hydrogens (tertiary/aromatic N) is 3. The van der Waals surface area contributed by atoms with Crippen LogP contribution >= 0.6 is 0 Å². The summed E-state index contributed by atoms with van der Waals surface area (Å²) < 4.78 is 25.7. The molecule has 1 aromatic carbocycles. The van der Waals surface area contributed by atoms with Gasteiger partial charge in [0.2, 0.25) is 0 Å². The van der Waals surface area contributed by atoms with Crippen LogP contribution in [0.25, 0.3) is 0 Å². The van der Waals surface area contributed by atoms with Crippen molar-refractivity contribution in [3.8, 4) is 5.75 Å². The minimum Gasteiger partial charge on any atom is -0.505 e. The van der Waals surface area contributed by atoms with E-state index in [1.165, 1.54) is 11.0 Å².